The van der Waals surface area contributed by atoms with E-state index in [0.29, 0.717) is 17.5 Å². The number of para-hydroxylation sites is 2. The predicted molar refractivity (Wildman–Crippen MR) is 238 cm³/mol. The minimum atomic E-state index is 0.576. The van der Waals surface area contributed by atoms with Crippen LogP contribution in [0.15, 0.2) is 191 Å². The van der Waals surface area contributed by atoms with Gasteiger partial charge in [-0.3, -0.25) is 0 Å². The molecule has 272 valence electrons. The molecule has 58 heavy (non-hydrogen) atoms. The number of fused-ring (bicyclic) bond motifs is 9. The molecule has 0 aliphatic carbocycles. The quantitative estimate of drug-likeness (QED) is 0.168. The molecule has 0 aliphatic rings. The van der Waals surface area contributed by atoms with Crippen molar-refractivity contribution in [2.75, 3.05) is 4.90 Å². The van der Waals surface area contributed by atoms with Gasteiger partial charge in [0.2, 0.25) is 0 Å². The SMILES string of the molecule is c1ccc(-c2nc(-c3ccccc3)nc(-c3cccc4oc5c(N(c6cccc7oc8ccccc8c67)c6cccc7sc8ccccc8c67)cccc5c34)n2)cc1. The first-order valence-electron chi connectivity index (χ1n) is 19.2. The zero-order chi connectivity index (χ0) is 38.2. The van der Waals surface area contributed by atoms with Crippen LogP contribution in [0, 0.1) is 0 Å². The minimum absolute atomic E-state index is 0.576. The Kier molecular flexibility index (Phi) is 7.30. The molecule has 12 rings (SSSR count). The Labute approximate surface area is 335 Å². The molecule has 0 amide bonds. The van der Waals surface area contributed by atoms with Crippen LogP contribution in [0.25, 0.3) is 98.2 Å². The monoisotopic (exact) mass is 762 g/mol. The summed E-state index contributed by atoms with van der Waals surface area (Å²) in [5.74, 6) is 1.79. The molecule has 0 saturated carbocycles. The Morgan fingerprint density at radius 3 is 1.67 bits per heavy atom. The molecular formula is C51H30N4O2S. The molecule has 0 spiro atoms. The Morgan fingerprint density at radius 2 is 0.897 bits per heavy atom. The van der Waals surface area contributed by atoms with Crippen LogP contribution in [0.5, 0.6) is 0 Å². The summed E-state index contributed by atoms with van der Waals surface area (Å²) in [7, 11) is 0. The average Bonchev–Trinajstić information content (AvgIpc) is 3.99. The smallest absolute Gasteiger partial charge is 0.164 e. The molecule has 0 N–H and O–H groups in total. The first-order chi connectivity index (χ1) is 28.8. The van der Waals surface area contributed by atoms with Gasteiger partial charge in [0, 0.05) is 53.0 Å². The number of rotatable bonds is 6. The van der Waals surface area contributed by atoms with Crippen molar-refractivity contribution >= 4 is 92.4 Å². The van der Waals surface area contributed by atoms with Crippen LogP contribution in [-0.2, 0) is 0 Å². The Morgan fingerprint density at radius 1 is 0.362 bits per heavy atom. The minimum Gasteiger partial charge on any atom is -0.456 e. The van der Waals surface area contributed by atoms with Crippen molar-refractivity contribution in [3.05, 3.63) is 182 Å². The van der Waals surface area contributed by atoms with Crippen molar-refractivity contribution < 1.29 is 8.83 Å². The average molecular weight is 763 g/mol. The maximum Gasteiger partial charge on any atom is 0.164 e. The largest absolute Gasteiger partial charge is 0.456 e. The van der Waals surface area contributed by atoms with E-state index in [4.69, 9.17) is 23.8 Å². The van der Waals surface area contributed by atoms with Crippen molar-refractivity contribution in [3.8, 4) is 34.2 Å². The van der Waals surface area contributed by atoms with Crippen LogP contribution in [0.3, 0.4) is 0 Å². The highest BCUT2D eigenvalue weighted by Gasteiger charge is 2.26. The summed E-state index contributed by atoms with van der Waals surface area (Å²) in [5.41, 5.74) is 8.83. The molecule has 12 aromatic rings. The van der Waals surface area contributed by atoms with Crippen LogP contribution in [0.2, 0.25) is 0 Å². The lowest BCUT2D eigenvalue weighted by Crippen LogP contribution is -2.11. The predicted octanol–water partition coefficient (Wildman–Crippen LogP) is 14.5. The fraction of sp³-hybridized carbons (Fsp3) is 0. The topological polar surface area (TPSA) is 68.2 Å². The van der Waals surface area contributed by atoms with Gasteiger partial charge in [0.05, 0.1) is 22.4 Å². The van der Waals surface area contributed by atoms with Crippen molar-refractivity contribution in [3.63, 3.8) is 0 Å². The number of anilines is 3. The van der Waals surface area contributed by atoms with E-state index in [1.54, 1.807) is 0 Å². The maximum atomic E-state index is 7.03. The number of thiophene rings is 1. The molecule has 7 heteroatoms. The Balaban J connectivity index is 1.15. The van der Waals surface area contributed by atoms with E-state index in [0.717, 1.165) is 77.6 Å². The molecule has 4 aromatic heterocycles. The van der Waals surface area contributed by atoms with Crippen molar-refractivity contribution in [1.82, 2.24) is 15.0 Å². The second kappa shape index (κ2) is 13.0. The third-order valence-electron chi connectivity index (χ3n) is 10.9. The van der Waals surface area contributed by atoms with Crippen molar-refractivity contribution in [2.45, 2.75) is 0 Å². The second-order valence-electron chi connectivity index (χ2n) is 14.3. The lowest BCUT2D eigenvalue weighted by molar-refractivity contribution is 0.668. The number of benzene rings is 8. The molecule has 4 heterocycles. The summed E-state index contributed by atoms with van der Waals surface area (Å²) in [6, 6.07) is 62.5. The van der Waals surface area contributed by atoms with Crippen LogP contribution in [-0.4, -0.2) is 15.0 Å². The first kappa shape index (κ1) is 32.6. The van der Waals surface area contributed by atoms with E-state index in [1.165, 1.54) is 20.2 Å². The van der Waals surface area contributed by atoms with Gasteiger partial charge in [-0.2, -0.15) is 0 Å². The fourth-order valence-corrected chi connectivity index (χ4v) is 9.53. The van der Waals surface area contributed by atoms with Crippen LogP contribution < -0.4 is 4.90 Å². The van der Waals surface area contributed by atoms with E-state index in [1.807, 2.05) is 102 Å². The Hall–Kier alpha value is -7.61. The molecule has 0 unspecified atom stereocenters. The third kappa shape index (κ3) is 5.07. The molecule has 0 saturated heterocycles. The summed E-state index contributed by atoms with van der Waals surface area (Å²) < 4.78 is 16.0. The van der Waals surface area contributed by atoms with Gasteiger partial charge in [-0.05, 0) is 48.5 Å². The summed E-state index contributed by atoms with van der Waals surface area (Å²) in [4.78, 5) is 17.6. The number of nitrogens with zero attached hydrogens (tertiary/aromatic N) is 4. The van der Waals surface area contributed by atoms with Gasteiger partial charge in [0.1, 0.15) is 16.7 Å². The third-order valence-corrected chi connectivity index (χ3v) is 12.1. The van der Waals surface area contributed by atoms with E-state index in [9.17, 15) is 0 Å². The lowest BCUT2D eigenvalue weighted by Gasteiger charge is -2.27. The van der Waals surface area contributed by atoms with Gasteiger partial charge in [-0.1, -0.05) is 133 Å². The molecule has 0 atom stereocenters. The summed E-state index contributed by atoms with van der Waals surface area (Å²) in [6.07, 6.45) is 0. The lowest BCUT2D eigenvalue weighted by atomic mass is 10.0. The van der Waals surface area contributed by atoms with Crippen molar-refractivity contribution in [1.29, 1.82) is 0 Å². The molecule has 0 fully saturated rings. The zero-order valence-corrected chi connectivity index (χ0v) is 31.7. The normalized spacial score (nSPS) is 11.8. The number of furan rings is 2. The van der Waals surface area contributed by atoms with Crippen LogP contribution in [0.1, 0.15) is 0 Å². The molecule has 0 radical (unpaired) electrons. The Bertz CT molecular complexity index is 3360. The van der Waals surface area contributed by atoms with Gasteiger partial charge in [0.25, 0.3) is 0 Å². The van der Waals surface area contributed by atoms with E-state index in [2.05, 4.69) is 95.9 Å². The summed E-state index contributed by atoms with van der Waals surface area (Å²) >= 11 is 1.81. The standard InChI is InChI=1S/C51H30N4O2S/c1-3-15-31(16-4-1)49-52-50(32-17-5-2-6-18-32)54-51(53-49)36-22-12-27-41-45(36)35-21-11-25-39(48(35)57-41)55(37-23-13-28-42-46(37)33-19-7-9-26-40(33)56-42)38-24-14-30-44-47(38)34-20-8-10-29-43(34)58-44/h1-30H. The van der Waals surface area contributed by atoms with Gasteiger partial charge in [-0.15, -0.1) is 11.3 Å². The van der Waals surface area contributed by atoms with Crippen molar-refractivity contribution in [2.24, 2.45) is 0 Å². The number of hydrogen-bond acceptors (Lipinski definition) is 7. The zero-order valence-electron chi connectivity index (χ0n) is 30.8. The van der Waals surface area contributed by atoms with Gasteiger partial charge < -0.3 is 13.7 Å². The van der Waals surface area contributed by atoms with Gasteiger partial charge >= 0.3 is 0 Å². The van der Waals surface area contributed by atoms with Crippen LogP contribution in [0.4, 0.5) is 17.1 Å². The molecule has 0 bridgehead atoms. The van der Waals surface area contributed by atoms with Crippen LogP contribution >= 0.6 is 11.3 Å². The van der Waals surface area contributed by atoms with E-state index < -0.39 is 0 Å². The maximum absolute atomic E-state index is 7.03. The molecular weight excluding hydrogens is 733 g/mol. The summed E-state index contributed by atoms with van der Waals surface area (Å²) in [6.45, 7) is 0. The highest BCUT2D eigenvalue weighted by Crippen LogP contribution is 2.50. The molecule has 8 aromatic carbocycles. The highest BCUT2D eigenvalue weighted by molar-refractivity contribution is 7.26. The second-order valence-corrected chi connectivity index (χ2v) is 15.4. The summed E-state index contributed by atoms with van der Waals surface area (Å²) in [5, 5.41) is 6.39. The number of aromatic nitrogens is 3. The molecule has 6 nitrogen and oxygen atoms in total. The van der Waals surface area contributed by atoms with E-state index >= 15 is 0 Å². The fourth-order valence-electron chi connectivity index (χ4n) is 8.40. The highest BCUT2D eigenvalue weighted by atomic mass is 32.1. The van der Waals surface area contributed by atoms with Gasteiger partial charge in [-0.25, -0.2) is 15.0 Å². The van der Waals surface area contributed by atoms with Gasteiger partial charge in [0.15, 0.2) is 23.1 Å². The number of hydrogen-bond donors (Lipinski definition) is 0. The molecule has 0 aliphatic heterocycles. The van der Waals surface area contributed by atoms with E-state index in [-0.39, 0.29) is 0 Å². The first-order valence-corrected chi connectivity index (χ1v) is 20.0.